The molecule has 1 aromatic heterocycles. The predicted octanol–water partition coefficient (Wildman–Crippen LogP) is 3.06. The molecule has 2 aliphatic rings. The van der Waals surface area contributed by atoms with E-state index >= 15 is 0 Å². The third-order valence-electron chi connectivity index (χ3n) is 6.09. The van der Waals surface area contributed by atoms with Gasteiger partial charge in [-0.1, -0.05) is 17.3 Å². The molecule has 2 saturated heterocycles. The van der Waals surface area contributed by atoms with Crippen molar-refractivity contribution >= 4 is 5.91 Å². The van der Waals surface area contributed by atoms with Crippen molar-refractivity contribution in [3.63, 3.8) is 0 Å². The highest BCUT2D eigenvalue weighted by Crippen LogP contribution is 2.24. The molecule has 156 valence electrons. The van der Waals surface area contributed by atoms with E-state index in [9.17, 15) is 4.79 Å². The molecule has 1 atom stereocenters. The van der Waals surface area contributed by atoms with Crippen LogP contribution in [0.3, 0.4) is 0 Å². The van der Waals surface area contributed by atoms with E-state index in [1.54, 1.807) is 7.11 Å². The van der Waals surface area contributed by atoms with Crippen LogP contribution in [-0.2, 0) is 6.54 Å². The van der Waals surface area contributed by atoms with Gasteiger partial charge in [0.25, 0.3) is 5.91 Å². The van der Waals surface area contributed by atoms with Crippen molar-refractivity contribution in [2.45, 2.75) is 51.6 Å². The molecule has 0 bridgehead atoms. The van der Waals surface area contributed by atoms with Gasteiger partial charge in [0.2, 0.25) is 0 Å². The van der Waals surface area contributed by atoms with Crippen molar-refractivity contribution in [3.05, 3.63) is 41.2 Å². The Balaban J connectivity index is 1.39. The smallest absolute Gasteiger partial charge is 0.276 e. The van der Waals surface area contributed by atoms with Gasteiger partial charge in [0.05, 0.1) is 19.3 Å². The highest BCUT2D eigenvalue weighted by molar-refractivity contribution is 5.91. The molecule has 7 heteroatoms. The number of hydrogen-bond donors (Lipinski definition) is 0. The number of aryl methyl sites for hydroxylation is 1. The maximum absolute atomic E-state index is 12.7. The molecule has 2 aromatic rings. The van der Waals surface area contributed by atoms with E-state index in [1.165, 1.54) is 12.0 Å². The number of benzene rings is 1. The zero-order chi connectivity index (χ0) is 20.2. The van der Waals surface area contributed by atoms with Crippen molar-refractivity contribution in [2.75, 3.05) is 33.3 Å². The highest BCUT2D eigenvalue weighted by atomic mass is 16.5. The van der Waals surface area contributed by atoms with E-state index in [1.807, 2.05) is 21.8 Å². The monoisotopic (exact) mass is 397 g/mol. The summed E-state index contributed by atoms with van der Waals surface area (Å²) in [6.07, 6.45) is 7.42. The summed E-state index contributed by atoms with van der Waals surface area (Å²) < 4.78 is 7.27. The second-order valence-corrected chi connectivity index (χ2v) is 8.27. The summed E-state index contributed by atoms with van der Waals surface area (Å²) in [5, 5.41) is 8.51. The van der Waals surface area contributed by atoms with Gasteiger partial charge in [-0.3, -0.25) is 9.69 Å². The Morgan fingerprint density at radius 1 is 1.17 bits per heavy atom. The maximum atomic E-state index is 12.7. The minimum Gasteiger partial charge on any atom is -0.496 e. The lowest BCUT2D eigenvalue weighted by molar-refractivity contribution is 0.0718. The first kappa shape index (κ1) is 19.9. The number of piperidine rings is 2. The topological polar surface area (TPSA) is 63.5 Å². The van der Waals surface area contributed by atoms with Crippen LogP contribution in [0.4, 0.5) is 0 Å². The molecule has 1 aromatic carbocycles. The van der Waals surface area contributed by atoms with Gasteiger partial charge in [-0.15, -0.1) is 5.10 Å². The van der Waals surface area contributed by atoms with E-state index in [0.717, 1.165) is 69.7 Å². The van der Waals surface area contributed by atoms with Crippen molar-refractivity contribution < 1.29 is 9.53 Å². The lowest BCUT2D eigenvalue weighted by Gasteiger charge is -2.32. The number of carbonyl (C=O) groups is 1. The Morgan fingerprint density at radius 2 is 2.00 bits per heavy atom. The standard InChI is InChI=1S/C22H31N5O2/c1-17-13-18(8-9-21(17)29-2)14-25-10-6-7-19(15-25)27-16-20(23-24-27)22(28)26-11-4-3-5-12-26/h8-9,13,16,19H,3-7,10-12,14-15H2,1-2H3/t19-/m1/s1. The summed E-state index contributed by atoms with van der Waals surface area (Å²) in [4.78, 5) is 17.1. The normalized spacial score (nSPS) is 20.6. The van der Waals surface area contributed by atoms with E-state index in [0.29, 0.717) is 5.69 Å². The highest BCUT2D eigenvalue weighted by Gasteiger charge is 2.25. The van der Waals surface area contributed by atoms with Crippen LogP contribution in [0, 0.1) is 6.92 Å². The van der Waals surface area contributed by atoms with Crippen LogP contribution in [-0.4, -0.2) is 64.0 Å². The molecule has 3 heterocycles. The number of rotatable bonds is 5. The van der Waals surface area contributed by atoms with Gasteiger partial charge in [-0.2, -0.15) is 0 Å². The van der Waals surface area contributed by atoms with Gasteiger partial charge in [0, 0.05) is 26.2 Å². The van der Waals surface area contributed by atoms with E-state index in [2.05, 4.69) is 34.3 Å². The van der Waals surface area contributed by atoms with Crippen molar-refractivity contribution in [3.8, 4) is 5.75 Å². The number of aromatic nitrogens is 3. The minimum atomic E-state index is 0.0253. The van der Waals surface area contributed by atoms with E-state index < -0.39 is 0 Å². The van der Waals surface area contributed by atoms with Gasteiger partial charge in [-0.05, 0) is 62.8 Å². The van der Waals surface area contributed by atoms with Gasteiger partial charge in [0.1, 0.15) is 5.75 Å². The molecule has 29 heavy (non-hydrogen) atoms. The molecule has 0 saturated carbocycles. The fourth-order valence-corrected chi connectivity index (χ4v) is 4.50. The summed E-state index contributed by atoms with van der Waals surface area (Å²) in [6, 6.07) is 6.65. The van der Waals surface area contributed by atoms with Crippen LogP contribution in [0.1, 0.15) is 59.8 Å². The molecular weight excluding hydrogens is 366 g/mol. The van der Waals surface area contributed by atoms with Crippen molar-refractivity contribution in [1.82, 2.24) is 24.8 Å². The Hall–Kier alpha value is -2.41. The third kappa shape index (κ3) is 4.61. The fraction of sp³-hybridized carbons (Fsp3) is 0.591. The Bertz CT molecular complexity index is 843. The molecule has 2 aliphatic heterocycles. The lowest BCUT2D eigenvalue weighted by atomic mass is 10.0. The summed E-state index contributed by atoms with van der Waals surface area (Å²) in [5.74, 6) is 0.955. The van der Waals surface area contributed by atoms with E-state index in [4.69, 9.17) is 4.74 Å². The lowest BCUT2D eigenvalue weighted by Crippen LogP contribution is -2.36. The molecule has 1 amide bonds. The Morgan fingerprint density at radius 3 is 2.76 bits per heavy atom. The molecule has 0 N–H and O–H groups in total. The molecule has 7 nitrogen and oxygen atoms in total. The average molecular weight is 398 g/mol. The van der Waals surface area contributed by atoms with Crippen molar-refractivity contribution in [1.29, 1.82) is 0 Å². The summed E-state index contributed by atoms with van der Waals surface area (Å²) in [6.45, 7) is 6.67. The Labute approximate surface area is 172 Å². The number of nitrogens with zero attached hydrogens (tertiary/aromatic N) is 5. The maximum Gasteiger partial charge on any atom is 0.276 e. The van der Waals surface area contributed by atoms with Gasteiger partial charge in [0.15, 0.2) is 5.69 Å². The van der Waals surface area contributed by atoms with Crippen LogP contribution in [0.15, 0.2) is 24.4 Å². The Kier molecular flexibility index (Phi) is 6.13. The molecule has 2 fully saturated rings. The van der Waals surface area contributed by atoms with Crippen LogP contribution < -0.4 is 4.74 Å². The van der Waals surface area contributed by atoms with E-state index in [-0.39, 0.29) is 11.9 Å². The molecule has 0 radical (unpaired) electrons. The zero-order valence-corrected chi connectivity index (χ0v) is 17.5. The number of ether oxygens (including phenoxy) is 1. The van der Waals surface area contributed by atoms with Gasteiger partial charge < -0.3 is 9.64 Å². The minimum absolute atomic E-state index is 0.0253. The number of amides is 1. The zero-order valence-electron chi connectivity index (χ0n) is 17.5. The largest absolute Gasteiger partial charge is 0.496 e. The first-order valence-electron chi connectivity index (χ1n) is 10.7. The number of hydrogen-bond acceptors (Lipinski definition) is 5. The predicted molar refractivity (Wildman–Crippen MR) is 111 cm³/mol. The van der Waals surface area contributed by atoms with Crippen LogP contribution >= 0.6 is 0 Å². The molecule has 0 spiro atoms. The van der Waals surface area contributed by atoms with Crippen LogP contribution in [0.5, 0.6) is 5.75 Å². The first-order valence-corrected chi connectivity index (χ1v) is 10.7. The third-order valence-corrected chi connectivity index (χ3v) is 6.09. The molecule has 4 rings (SSSR count). The molecular formula is C22H31N5O2. The summed E-state index contributed by atoms with van der Waals surface area (Å²) >= 11 is 0. The summed E-state index contributed by atoms with van der Waals surface area (Å²) in [7, 11) is 1.71. The summed E-state index contributed by atoms with van der Waals surface area (Å²) in [5.41, 5.74) is 2.94. The second-order valence-electron chi connectivity index (χ2n) is 8.27. The van der Waals surface area contributed by atoms with Gasteiger partial charge >= 0.3 is 0 Å². The van der Waals surface area contributed by atoms with Crippen LogP contribution in [0.2, 0.25) is 0 Å². The number of likely N-dealkylation sites (tertiary alicyclic amines) is 2. The quantitative estimate of drug-likeness (QED) is 0.776. The molecule has 0 unspecified atom stereocenters. The SMILES string of the molecule is COc1ccc(CN2CCC[C@@H](n3cc(C(=O)N4CCCCC4)nn3)C2)cc1C. The van der Waals surface area contributed by atoms with Crippen molar-refractivity contribution in [2.24, 2.45) is 0 Å². The number of carbonyl (C=O) groups excluding carboxylic acids is 1. The van der Waals surface area contributed by atoms with Crippen LogP contribution in [0.25, 0.3) is 0 Å². The fourth-order valence-electron chi connectivity index (χ4n) is 4.50. The second kappa shape index (κ2) is 8.95. The number of methoxy groups -OCH3 is 1. The average Bonchev–Trinajstić information content (AvgIpc) is 3.24. The van der Waals surface area contributed by atoms with Gasteiger partial charge in [-0.25, -0.2) is 4.68 Å². The molecule has 0 aliphatic carbocycles. The first-order chi connectivity index (χ1) is 14.1.